The summed E-state index contributed by atoms with van der Waals surface area (Å²) in [5.41, 5.74) is 1.72. The van der Waals surface area contributed by atoms with Gasteiger partial charge in [-0.3, -0.25) is 4.79 Å². The summed E-state index contributed by atoms with van der Waals surface area (Å²) < 4.78 is 13.5. The van der Waals surface area contributed by atoms with Gasteiger partial charge >= 0.3 is 0 Å². The van der Waals surface area contributed by atoms with Crippen molar-refractivity contribution >= 4 is 21.8 Å². The third-order valence-electron chi connectivity index (χ3n) is 3.20. The molecule has 21 heavy (non-hydrogen) atoms. The molecule has 110 valence electrons. The summed E-state index contributed by atoms with van der Waals surface area (Å²) in [7, 11) is 0. The van der Waals surface area contributed by atoms with Gasteiger partial charge in [-0.2, -0.15) is 0 Å². The van der Waals surface area contributed by atoms with Crippen molar-refractivity contribution in [1.82, 2.24) is 5.32 Å². The second kappa shape index (κ2) is 7.93. The highest BCUT2D eigenvalue weighted by atomic mass is 79.9. The Bertz CT molecular complexity index is 588. The van der Waals surface area contributed by atoms with Crippen molar-refractivity contribution in [2.24, 2.45) is 0 Å². The average Bonchev–Trinajstić information content (AvgIpc) is 2.50. The minimum absolute atomic E-state index is 0.116. The first-order chi connectivity index (χ1) is 10.2. The fraction of sp³-hybridized carbons (Fsp3) is 0.235. The first kappa shape index (κ1) is 15.7. The van der Waals surface area contributed by atoms with Crippen LogP contribution in [0, 0.1) is 5.82 Å². The number of rotatable bonds is 6. The lowest BCUT2D eigenvalue weighted by atomic mass is 10.1. The van der Waals surface area contributed by atoms with E-state index in [4.69, 9.17) is 0 Å². The van der Waals surface area contributed by atoms with Gasteiger partial charge in [0.15, 0.2) is 0 Å². The summed E-state index contributed by atoms with van der Waals surface area (Å²) in [6.45, 7) is 0.572. The second-order valence-corrected chi connectivity index (χ2v) is 5.90. The smallest absolute Gasteiger partial charge is 0.234 e. The maximum Gasteiger partial charge on any atom is 0.234 e. The fourth-order valence-electron chi connectivity index (χ4n) is 2.04. The van der Waals surface area contributed by atoms with Crippen molar-refractivity contribution in [1.29, 1.82) is 0 Å². The van der Waals surface area contributed by atoms with Crippen molar-refractivity contribution in [3.63, 3.8) is 0 Å². The van der Waals surface area contributed by atoms with Gasteiger partial charge in [0.05, 0.1) is 4.83 Å². The van der Waals surface area contributed by atoms with Crippen molar-refractivity contribution < 1.29 is 9.18 Å². The molecule has 0 fully saturated rings. The van der Waals surface area contributed by atoms with E-state index in [1.807, 2.05) is 30.3 Å². The van der Waals surface area contributed by atoms with Crippen LogP contribution < -0.4 is 5.32 Å². The quantitative estimate of drug-likeness (QED) is 0.794. The number of carbonyl (C=O) groups is 1. The summed E-state index contributed by atoms with van der Waals surface area (Å²) in [6.07, 6.45) is 1.12. The zero-order valence-electron chi connectivity index (χ0n) is 11.6. The van der Waals surface area contributed by atoms with Gasteiger partial charge in [0, 0.05) is 6.54 Å². The largest absolute Gasteiger partial charge is 0.355 e. The summed E-state index contributed by atoms with van der Waals surface area (Å²) in [5.74, 6) is -0.395. The molecule has 4 heteroatoms. The molecule has 0 saturated heterocycles. The van der Waals surface area contributed by atoms with Gasteiger partial charge in [-0.05, 0) is 30.0 Å². The Hall–Kier alpha value is -1.68. The Balaban J connectivity index is 1.79. The van der Waals surface area contributed by atoms with Crippen LogP contribution in [0.15, 0.2) is 54.6 Å². The molecule has 0 aliphatic rings. The molecule has 0 radical (unpaired) electrons. The number of hydrogen-bond donors (Lipinski definition) is 1. The molecule has 0 aliphatic heterocycles. The van der Waals surface area contributed by atoms with Gasteiger partial charge in [0.1, 0.15) is 5.82 Å². The molecule has 0 aromatic heterocycles. The van der Waals surface area contributed by atoms with E-state index in [1.165, 1.54) is 11.6 Å². The van der Waals surface area contributed by atoms with Crippen molar-refractivity contribution in [3.05, 3.63) is 71.5 Å². The molecule has 0 spiro atoms. The molecule has 2 aromatic rings. The molecule has 2 aromatic carbocycles. The van der Waals surface area contributed by atoms with Crippen LogP contribution in [0.1, 0.15) is 11.1 Å². The van der Waals surface area contributed by atoms with Crippen molar-refractivity contribution in [3.8, 4) is 0 Å². The maximum absolute atomic E-state index is 13.5. The number of halogens is 2. The monoisotopic (exact) mass is 349 g/mol. The van der Waals surface area contributed by atoms with E-state index >= 15 is 0 Å². The van der Waals surface area contributed by atoms with Crippen LogP contribution in [0.2, 0.25) is 0 Å². The standard InChI is InChI=1S/C17H17BrFNO/c18-15(12-14-8-4-5-9-16(14)19)17(21)20-11-10-13-6-2-1-3-7-13/h1-9,15H,10-12H2,(H,20,21). The minimum Gasteiger partial charge on any atom is -0.355 e. The van der Waals surface area contributed by atoms with Crippen LogP contribution in [0.3, 0.4) is 0 Å². The lowest BCUT2D eigenvalue weighted by molar-refractivity contribution is -0.120. The molecular weight excluding hydrogens is 333 g/mol. The number of benzene rings is 2. The van der Waals surface area contributed by atoms with Crippen LogP contribution in [0.5, 0.6) is 0 Å². The van der Waals surface area contributed by atoms with E-state index in [2.05, 4.69) is 21.2 Å². The van der Waals surface area contributed by atoms with Crippen LogP contribution in [-0.4, -0.2) is 17.3 Å². The number of nitrogens with one attached hydrogen (secondary N) is 1. The normalized spacial score (nSPS) is 11.9. The molecule has 1 amide bonds. The van der Waals surface area contributed by atoms with E-state index in [0.717, 1.165) is 6.42 Å². The third-order valence-corrected chi connectivity index (χ3v) is 3.94. The number of alkyl halides is 1. The van der Waals surface area contributed by atoms with E-state index in [1.54, 1.807) is 18.2 Å². The lowest BCUT2D eigenvalue weighted by Gasteiger charge is -2.11. The van der Waals surface area contributed by atoms with Crippen LogP contribution in [0.4, 0.5) is 4.39 Å². The van der Waals surface area contributed by atoms with E-state index in [9.17, 15) is 9.18 Å². The number of carbonyl (C=O) groups excluding carboxylic acids is 1. The van der Waals surface area contributed by atoms with Gasteiger partial charge < -0.3 is 5.32 Å². The molecule has 0 saturated carbocycles. The first-order valence-electron chi connectivity index (χ1n) is 6.86. The Morgan fingerprint density at radius 1 is 1.10 bits per heavy atom. The van der Waals surface area contributed by atoms with Gasteiger partial charge in [0.25, 0.3) is 0 Å². The minimum atomic E-state index is -0.426. The Morgan fingerprint density at radius 2 is 1.76 bits per heavy atom. The fourth-order valence-corrected chi connectivity index (χ4v) is 2.55. The highest BCUT2D eigenvalue weighted by Crippen LogP contribution is 2.13. The van der Waals surface area contributed by atoms with E-state index in [-0.39, 0.29) is 11.7 Å². The van der Waals surface area contributed by atoms with Gasteiger partial charge in [-0.1, -0.05) is 64.5 Å². The molecule has 1 N–H and O–H groups in total. The summed E-state index contributed by atoms with van der Waals surface area (Å²) >= 11 is 3.32. The highest BCUT2D eigenvalue weighted by Gasteiger charge is 2.16. The van der Waals surface area contributed by atoms with Crippen LogP contribution in [-0.2, 0) is 17.6 Å². The Kier molecular flexibility index (Phi) is 5.93. The van der Waals surface area contributed by atoms with Gasteiger partial charge in [-0.25, -0.2) is 4.39 Å². The topological polar surface area (TPSA) is 29.1 Å². The number of hydrogen-bond acceptors (Lipinski definition) is 1. The SMILES string of the molecule is O=C(NCCc1ccccc1)C(Br)Cc1ccccc1F. The molecule has 1 unspecified atom stereocenters. The second-order valence-electron chi connectivity index (χ2n) is 4.79. The molecular formula is C17H17BrFNO. The van der Waals surface area contributed by atoms with Crippen molar-refractivity contribution in [2.75, 3.05) is 6.54 Å². The Labute approximate surface area is 132 Å². The molecule has 1 atom stereocenters. The highest BCUT2D eigenvalue weighted by molar-refractivity contribution is 9.10. The summed E-state index contributed by atoms with van der Waals surface area (Å²) in [5, 5.41) is 2.86. The first-order valence-corrected chi connectivity index (χ1v) is 7.77. The van der Waals surface area contributed by atoms with Crippen LogP contribution in [0.25, 0.3) is 0 Å². The van der Waals surface area contributed by atoms with Gasteiger partial charge in [0.2, 0.25) is 5.91 Å². The molecule has 2 rings (SSSR count). The Morgan fingerprint density at radius 3 is 2.48 bits per heavy atom. The predicted molar refractivity (Wildman–Crippen MR) is 86.0 cm³/mol. The zero-order chi connectivity index (χ0) is 15.1. The third kappa shape index (κ3) is 4.97. The maximum atomic E-state index is 13.5. The average molecular weight is 350 g/mol. The predicted octanol–water partition coefficient (Wildman–Crippen LogP) is 3.49. The zero-order valence-corrected chi connectivity index (χ0v) is 13.1. The number of amides is 1. The summed E-state index contributed by atoms with van der Waals surface area (Å²) in [4.78, 5) is 11.5. The molecule has 2 nitrogen and oxygen atoms in total. The van der Waals surface area contributed by atoms with Crippen molar-refractivity contribution in [2.45, 2.75) is 17.7 Å². The van der Waals surface area contributed by atoms with Gasteiger partial charge in [-0.15, -0.1) is 0 Å². The van der Waals surface area contributed by atoms with E-state index in [0.29, 0.717) is 18.5 Å². The molecule has 0 bridgehead atoms. The lowest BCUT2D eigenvalue weighted by Crippen LogP contribution is -2.33. The van der Waals surface area contributed by atoms with Crippen LogP contribution >= 0.6 is 15.9 Å². The molecule has 0 aliphatic carbocycles. The van der Waals surface area contributed by atoms with E-state index < -0.39 is 4.83 Å². The summed E-state index contributed by atoms with van der Waals surface area (Å²) in [6, 6.07) is 16.5. The molecule has 0 heterocycles.